The molecule has 0 radical (unpaired) electrons. The summed E-state index contributed by atoms with van der Waals surface area (Å²) in [6.07, 6.45) is 1.30. The van der Waals surface area contributed by atoms with Gasteiger partial charge in [0.2, 0.25) is 29.5 Å². The number of carbonyl (C=O) groups is 4. The van der Waals surface area contributed by atoms with Crippen molar-refractivity contribution in [1.29, 1.82) is 0 Å². The number of aromatic nitrogens is 1. The predicted molar refractivity (Wildman–Crippen MR) is 155 cm³/mol. The number of amides is 4. The molecular formula is C31H33N5O8. The van der Waals surface area contributed by atoms with E-state index in [-0.39, 0.29) is 67.5 Å². The number of nitrogens with zero attached hydrogens (tertiary/aromatic N) is 2. The Balaban J connectivity index is 1.30. The van der Waals surface area contributed by atoms with E-state index in [1.165, 1.54) is 18.1 Å². The zero-order valence-corrected chi connectivity index (χ0v) is 24.3. The molecule has 44 heavy (non-hydrogen) atoms. The number of oxazole rings is 1. The van der Waals surface area contributed by atoms with Gasteiger partial charge in [-0.25, -0.2) is 4.98 Å². The summed E-state index contributed by atoms with van der Waals surface area (Å²) in [4.78, 5) is 57.5. The van der Waals surface area contributed by atoms with Crippen LogP contribution in [0.2, 0.25) is 0 Å². The molecule has 0 spiro atoms. The number of fused-ring (bicyclic) bond motifs is 8. The standard InChI is InChI=1S/C31H33N5O8/c1-16-21-14-32-30(41)22-13-19(33-29(40)20-6-9-27(38)34-20)15-36(22)28(39)10-4-17-3-7-23(37)25(11-17)44-26-12-18(31(35-21)43-16)5-8-24(26)42-2/h3,5,7-8,11-12,19-20,22,37H,4,6,9-10,13-15H2,1-2H3,(H,32,41)(H,33,40)(H,34,38)/t19-,20-,22-/m0/s1. The van der Waals surface area contributed by atoms with Crippen molar-refractivity contribution in [3.05, 3.63) is 53.4 Å². The van der Waals surface area contributed by atoms with Crippen LogP contribution in [-0.4, -0.2) is 70.4 Å². The van der Waals surface area contributed by atoms with Crippen molar-refractivity contribution in [2.24, 2.45) is 0 Å². The van der Waals surface area contributed by atoms with Gasteiger partial charge in [0, 0.05) is 31.0 Å². The quantitative estimate of drug-likeness (QED) is 0.350. The zero-order valence-electron chi connectivity index (χ0n) is 24.3. The van der Waals surface area contributed by atoms with Gasteiger partial charge in [-0.05, 0) is 62.1 Å². The smallest absolute Gasteiger partial charge is 0.243 e. The van der Waals surface area contributed by atoms with Crippen molar-refractivity contribution in [3.63, 3.8) is 0 Å². The minimum atomic E-state index is -0.820. The highest BCUT2D eigenvalue weighted by molar-refractivity contribution is 5.92. The van der Waals surface area contributed by atoms with Gasteiger partial charge in [0.25, 0.3) is 0 Å². The number of benzene rings is 2. The van der Waals surface area contributed by atoms with E-state index < -0.39 is 18.1 Å². The monoisotopic (exact) mass is 603 g/mol. The first kappa shape index (κ1) is 29.0. The van der Waals surface area contributed by atoms with Crippen LogP contribution in [0.4, 0.5) is 0 Å². The molecule has 0 saturated carbocycles. The lowest BCUT2D eigenvalue weighted by atomic mass is 10.1. The van der Waals surface area contributed by atoms with E-state index in [4.69, 9.17) is 13.9 Å². The lowest BCUT2D eigenvalue weighted by molar-refractivity contribution is -0.138. The van der Waals surface area contributed by atoms with Crippen LogP contribution in [0.3, 0.4) is 0 Å². The first-order chi connectivity index (χ1) is 21.2. The van der Waals surface area contributed by atoms with Gasteiger partial charge in [0.15, 0.2) is 23.0 Å². The second-order valence-corrected chi connectivity index (χ2v) is 11.2. The molecule has 4 amide bonds. The minimum absolute atomic E-state index is 0.0653. The van der Waals surface area contributed by atoms with Gasteiger partial charge in [0.05, 0.1) is 13.7 Å². The van der Waals surface area contributed by atoms with Crippen molar-refractivity contribution < 1.29 is 38.2 Å². The summed E-state index contributed by atoms with van der Waals surface area (Å²) in [5.41, 5.74) is 1.84. The summed E-state index contributed by atoms with van der Waals surface area (Å²) in [5, 5.41) is 19.0. The van der Waals surface area contributed by atoms with Gasteiger partial charge in [0.1, 0.15) is 23.5 Å². The Bertz CT molecular complexity index is 1630. The van der Waals surface area contributed by atoms with Crippen LogP contribution < -0.4 is 25.4 Å². The Hall–Kier alpha value is -5.07. The molecule has 0 aliphatic carbocycles. The molecule has 13 heteroatoms. The van der Waals surface area contributed by atoms with E-state index in [9.17, 15) is 24.3 Å². The van der Waals surface area contributed by atoms with Crippen LogP contribution in [0.25, 0.3) is 11.5 Å². The topological polar surface area (TPSA) is 172 Å². The fourth-order valence-electron chi connectivity index (χ4n) is 5.78. The molecule has 4 N–H and O–H groups in total. The number of hydrogen-bond acceptors (Lipinski definition) is 9. The molecule has 3 aliphatic rings. The molecule has 3 atom stereocenters. The lowest BCUT2D eigenvalue weighted by Crippen LogP contribution is -2.47. The van der Waals surface area contributed by atoms with Gasteiger partial charge in [-0.2, -0.15) is 0 Å². The molecular weight excluding hydrogens is 570 g/mol. The molecule has 0 unspecified atom stereocenters. The number of phenols is 1. The van der Waals surface area contributed by atoms with E-state index >= 15 is 0 Å². The first-order valence-corrected chi connectivity index (χ1v) is 14.5. The lowest BCUT2D eigenvalue weighted by Gasteiger charge is -2.24. The van der Waals surface area contributed by atoms with Crippen molar-refractivity contribution in [2.75, 3.05) is 13.7 Å². The van der Waals surface area contributed by atoms with Crippen molar-refractivity contribution in [1.82, 2.24) is 25.8 Å². The maximum atomic E-state index is 13.5. The molecule has 6 bridgehead atoms. The minimum Gasteiger partial charge on any atom is -0.504 e. The number of aryl methyl sites for hydroxylation is 2. The first-order valence-electron chi connectivity index (χ1n) is 14.5. The summed E-state index contributed by atoms with van der Waals surface area (Å²) < 4.78 is 17.5. The average molecular weight is 604 g/mol. The highest BCUT2D eigenvalue weighted by Gasteiger charge is 2.41. The van der Waals surface area contributed by atoms with Crippen LogP contribution in [0.15, 0.2) is 40.8 Å². The van der Waals surface area contributed by atoms with E-state index in [0.29, 0.717) is 47.2 Å². The number of nitrogens with one attached hydrogen (secondary N) is 3. The highest BCUT2D eigenvalue weighted by atomic mass is 16.5. The van der Waals surface area contributed by atoms with E-state index in [1.807, 2.05) is 0 Å². The SMILES string of the molecule is COc1ccc2cc1Oc1cc(ccc1O)CCC(=O)N1C[C@@H](NC(=O)[C@@H]3CCC(=O)N3)C[C@H]1C(=O)NCc1nc-2oc1C. The van der Waals surface area contributed by atoms with Crippen molar-refractivity contribution in [2.45, 2.75) is 63.7 Å². The van der Waals surface area contributed by atoms with Crippen LogP contribution in [0, 0.1) is 6.92 Å². The van der Waals surface area contributed by atoms with Crippen LogP contribution >= 0.6 is 0 Å². The number of rotatable bonds is 3. The third-order valence-electron chi connectivity index (χ3n) is 8.19. The van der Waals surface area contributed by atoms with E-state index in [2.05, 4.69) is 20.9 Å². The molecule has 3 aliphatic heterocycles. The molecule has 2 fully saturated rings. The Labute approximate surface area is 252 Å². The van der Waals surface area contributed by atoms with Crippen LogP contribution in [0.1, 0.15) is 42.7 Å². The molecule has 1 aromatic heterocycles. The van der Waals surface area contributed by atoms with Gasteiger partial charge >= 0.3 is 0 Å². The normalized spacial score (nSPS) is 21.8. The van der Waals surface area contributed by atoms with Crippen molar-refractivity contribution >= 4 is 23.6 Å². The van der Waals surface area contributed by atoms with Gasteiger partial charge in [-0.15, -0.1) is 0 Å². The molecule has 6 rings (SSSR count). The third-order valence-corrected chi connectivity index (χ3v) is 8.19. The molecule has 230 valence electrons. The molecule has 3 aromatic rings. The van der Waals surface area contributed by atoms with E-state index in [1.54, 1.807) is 37.3 Å². The summed E-state index contributed by atoms with van der Waals surface area (Å²) in [6.45, 7) is 1.95. The average Bonchev–Trinajstić information content (AvgIpc) is 3.74. The Kier molecular flexibility index (Phi) is 7.85. The molecule has 13 nitrogen and oxygen atoms in total. The predicted octanol–water partition coefficient (Wildman–Crippen LogP) is 2.08. The number of carbonyl (C=O) groups excluding carboxylic acids is 4. The van der Waals surface area contributed by atoms with E-state index in [0.717, 1.165) is 5.56 Å². The number of phenolic OH excluding ortho intramolecular Hbond substituents is 1. The zero-order chi connectivity index (χ0) is 31.0. The molecule has 4 heterocycles. The van der Waals surface area contributed by atoms with Crippen molar-refractivity contribution in [3.8, 4) is 34.5 Å². The van der Waals surface area contributed by atoms with Gasteiger partial charge < -0.3 is 39.8 Å². The maximum Gasteiger partial charge on any atom is 0.243 e. The summed E-state index contributed by atoms with van der Waals surface area (Å²) in [7, 11) is 1.51. The number of aromatic hydroxyl groups is 1. The Morgan fingerprint density at radius 3 is 2.73 bits per heavy atom. The molecule has 2 saturated heterocycles. The third kappa shape index (κ3) is 5.90. The Morgan fingerprint density at radius 1 is 1.11 bits per heavy atom. The second kappa shape index (κ2) is 11.9. The second-order valence-electron chi connectivity index (χ2n) is 11.2. The van der Waals surface area contributed by atoms with Gasteiger partial charge in [-0.1, -0.05) is 6.07 Å². The number of ether oxygens (including phenoxy) is 2. The van der Waals surface area contributed by atoms with Crippen LogP contribution in [-0.2, 0) is 32.1 Å². The number of methoxy groups -OCH3 is 1. The maximum absolute atomic E-state index is 13.5. The highest BCUT2D eigenvalue weighted by Crippen LogP contribution is 2.39. The van der Waals surface area contributed by atoms with Gasteiger partial charge in [-0.3, -0.25) is 19.2 Å². The summed E-state index contributed by atoms with van der Waals surface area (Å²) in [6, 6.07) is 8.08. The van der Waals surface area contributed by atoms with Crippen LogP contribution in [0.5, 0.6) is 23.0 Å². The number of hydrogen-bond donors (Lipinski definition) is 4. The Morgan fingerprint density at radius 2 is 1.95 bits per heavy atom. The summed E-state index contributed by atoms with van der Waals surface area (Å²) >= 11 is 0. The largest absolute Gasteiger partial charge is 0.504 e. The molecule has 2 aromatic carbocycles. The summed E-state index contributed by atoms with van der Waals surface area (Å²) in [5.74, 6) is 0.498. The fourth-order valence-corrected chi connectivity index (χ4v) is 5.78. The fraction of sp³-hybridized carbons (Fsp3) is 0.387.